The van der Waals surface area contributed by atoms with Crippen LogP contribution in [0.15, 0.2) is 45.6 Å². The molecular formula is C36H44Br2N2O7. The average molecular weight is 777 g/mol. The second-order valence-electron chi connectivity index (χ2n) is 14.9. The maximum atomic E-state index is 12.2. The fourth-order valence-corrected chi connectivity index (χ4v) is 10.5. The summed E-state index contributed by atoms with van der Waals surface area (Å²) in [5.74, 6) is 1.85. The third-order valence-electron chi connectivity index (χ3n) is 12.1. The highest BCUT2D eigenvalue weighted by atomic mass is 79.9. The van der Waals surface area contributed by atoms with E-state index in [2.05, 4.69) is 55.7 Å². The molecule has 0 spiro atoms. The van der Waals surface area contributed by atoms with E-state index < -0.39 is 11.6 Å². The van der Waals surface area contributed by atoms with E-state index in [1.54, 1.807) is 6.20 Å². The molecule has 2 saturated carbocycles. The molecule has 0 amide bonds. The van der Waals surface area contributed by atoms with Gasteiger partial charge < -0.3 is 24.1 Å². The van der Waals surface area contributed by atoms with Crippen LogP contribution in [0.5, 0.6) is 0 Å². The van der Waals surface area contributed by atoms with Crippen molar-refractivity contribution >= 4 is 43.8 Å². The lowest BCUT2D eigenvalue weighted by atomic mass is 9.59. The van der Waals surface area contributed by atoms with Gasteiger partial charge in [-0.3, -0.25) is 14.8 Å². The first-order valence-electron chi connectivity index (χ1n) is 17.0. The van der Waals surface area contributed by atoms with E-state index >= 15 is 0 Å². The minimum Gasteiger partial charge on any atom is -0.462 e. The number of pyridine rings is 2. The number of hydrogen-bond donors (Lipinski definition) is 1. The standard InChI is InChI=1S/C18H22BrNO4.C18H22BrNO3/c1-9-6-18(22)16(10(2)24-17(18)21)15-13(9)8-23-14(15)5-12-4-3-11(19)7-20-12;1-9-5-13-16(10(2)23-18(13)21)17-14(9)8-22-15(17)6-12-4-3-11(19)7-20-12/h3-4,7,9-10,13-16,22H,5-6,8H2,1-2H3;3-4,7,9-10,13-17H,5-6,8H2,1-2H3/t9-,10+,13+,14-,15+,16-,18-;9-,10+,13+,14+,15-,16+,17+/m00/s1. The van der Waals surface area contributed by atoms with Crippen molar-refractivity contribution in [2.24, 2.45) is 53.3 Å². The van der Waals surface area contributed by atoms with Gasteiger partial charge in [-0.15, -0.1) is 0 Å². The van der Waals surface area contributed by atoms with Crippen LogP contribution in [0.1, 0.15) is 51.9 Å². The number of ether oxygens (including phenoxy) is 4. The highest BCUT2D eigenvalue weighted by Crippen LogP contribution is 2.55. The molecule has 9 nitrogen and oxygen atoms in total. The summed E-state index contributed by atoms with van der Waals surface area (Å²) >= 11 is 6.82. The number of halogens is 2. The molecule has 0 bridgehead atoms. The predicted octanol–water partition coefficient (Wildman–Crippen LogP) is 5.59. The Hall–Kier alpha value is -1.92. The molecule has 47 heavy (non-hydrogen) atoms. The first kappa shape index (κ1) is 33.6. The van der Waals surface area contributed by atoms with Crippen molar-refractivity contribution in [3.8, 4) is 0 Å². The number of carbonyl (C=O) groups is 2. The molecule has 11 heteroatoms. The van der Waals surface area contributed by atoms with Crippen LogP contribution in [0.2, 0.25) is 0 Å². The predicted molar refractivity (Wildman–Crippen MR) is 179 cm³/mol. The molecule has 4 saturated heterocycles. The number of carbonyl (C=O) groups excluding carboxylic acids is 2. The zero-order valence-electron chi connectivity index (χ0n) is 27.3. The van der Waals surface area contributed by atoms with Crippen LogP contribution in [0.25, 0.3) is 0 Å². The van der Waals surface area contributed by atoms with Crippen molar-refractivity contribution in [2.45, 2.75) is 83.4 Å². The second-order valence-corrected chi connectivity index (χ2v) is 16.7. The highest BCUT2D eigenvalue weighted by Gasteiger charge is 2.66. The molecule has 2 aromatic heterocycles. The summed E-state index contributed by atoms with van der Waals surface area (Å²) in [4.78, 5) is 33.4. The zero-order valence-corrected chi connectivity index (χ0v) is 30.4. The van der Waals surface area contributed by atoms with Gasteiger partial charge >= 0.3 is 11.9 Å². The summed E-state index contributed by atoms with van der Waals surface area (Å²) in [5.41, 5.74) is 0.647. The minimum absolute atomic E-state index is 0.000201. The fourth-order valence-electron chi connectivity index (χ4n) is 10.0. The summed E-state index contributed by atoms with van der Waals surface area (Å²) in [6, 6.07) is 8.02. The molecule has 6 fully saturated rings. The Labute approximate surface area is 293 Å². The van der Waals surface area contributed by atoms with Crippen molar-refractivity contribution in [1.29, 1.82) is 0 Å². The maximum Gasteiger partial charge on any atom is 0.338 e. The summed E-state index contributed by atoms with van der Waals surface area (Å²) in [6.45, 7) is 9.78. The molecule has 0 aromatic carbocycles. The number of aliphatic hydroxyl groups is 1. The van der Waals surface area contributed by atoms with Gasteiger partial charge in [0.05, 0.1) is 31.3 Å². The van der Waals surface area contributed by atoms with E-state index in [9.17, 15) is 14.7 Å². The zero-order chi connectivity index (χ0) is 33.2. The second kappa shape index (κ2) is 13.1. The molecule has 6 heterocycles. The Kier molecular flexibility index (Phi) is 9.34. The summed E-state index contributed by atoms with van der Waals surface area (Å²) < 4.78 is 25.2. The van der Waals surface area contributed by atoms with E-state index in [0.717, 1.165) is 39.8 Å². The number of fused-ring (bicyclic) bond motifs is 6. The van der Waals surface area contributed by atoms with Gasteiger partial charge in [0.25, 0.3) is 0 Å². The van der Waals surface area contributed by atoms with Crippen LogP contribution in [-0.4, -0.2) is 70.2 Å². The van der Waals surface area contributed by atoms with Gasteiger partial charge in [-0.2, -0.15) is 0 Å². The van der Waals surface area contributed by atoms with E-state index in [-0.39, 0.29) is 54.1 Å². The van der Waals surface area contributed by atoms with Crippen molar-refractivity contribution < 1.29 is 33.6 Å². The number of aromatic nitrogens is 2. The Morgan fingerprint density at radius 3 is 1.94 bits per heavy atom. The topological polar surface area (TPSA) is 117 Å². The SMILES string of the molecule is C[C@H]1C[C@@]2(O)C(=O)O[C@H](C)[C@H]2[C@@H]2[C@@H]1CO[C@H]2Cc1ccc(Br)cn1.C[C@H]1C[C@H]2C(=O)O[C@H](C)[C@H]2[C@@H]2[C@@H]1CO[C@H]2Cc1ccc(Br)cn1. The molecular weight excluding hydrogens is 732 g/mol. The quantitative estimate of drug-likeness (QED) is 0.397. The average Bonchev–Trinajstić information content (AvgIpc) is 3.76. The molecule has 6 aliphatic rings. The normalized spacial score (nSPS) is 43.2. The van der Waals surface area contributed by atoms with Crippen molar-refractivity contribution in [1.82, 2.24) is 9.97 Å². The van der Waals surface area contributed by atoms with E-state index in [1.807, 2.05) is 44.3 Å². The van der Waals surface area contributed by atoms with Crippen LogP contribution >= 0.6 is 31.9 Å². The van der Waals surface area contributed by atoms with E-state index in [4.69, 9.17) is 18.9 Å². The third kappa shape index (κ3) is 6.10. The molecule has 14 atom stereocenters. The Morgan fingerprint density at radius 2 is 1.36 bits per heavy atom. The van der Waals surface area contributed by atoms with Crippen LogP contribution < -0.4 is 0 Å². The number of cyclic esters (lactones) is 2. The lowest BCUT2D eigenvalue weighted by molar-refractivity contribution is -0.161. The first-order valence-corrected chi connectivity index (χ1v) is 18.6. The lowest BCUT2D eigenvalue weighted by Gasteiger charge is -2.44. The Bertz CT molecular complexity index is 1480. The highest BCUT2D eigenvalue weighted by molar-refractivity contribution is 9.10. The van der Waals surface area contributed by atoms with Crippen LogP contribution in [0.4, 0.5) is 0 Å². The molecule has 2 aromatic rings. The number of esters is 2. The largest absolute Gasteiger partial charge is 0.462 e. The molecule has 0 radical (unpaired) electrons. The lowest BCUT2D eigenvalue weighted by Crippen LogP contribution is -2.55. The van der Waals surface area contributed by atoms with Gasteiger partial charge in [0.15, 0.2) is 5.60 Å². The van der Waals surface area contributed by atoms with Crippen LogP contribution in [0, 0.1) is 53.3 Å². The first-order chi connectivity index (χ1) is 22.4. The van der Waals surface area contributed by atoms with Gasteiger partial charge in [0.1, 0.15) is 12.2 Å². The van der Waals surface area contributed by atoms with Gasteiger partial charge in [0, 0.05) is 63.3 Å². The summed E-state index contributed by atoms with van der Waals surface area (Å²) in [5, 5.41) is 11.0. The molecule has 254 valence electrons. The number of hydrogen-bond acceptors (Lipinski definition) is 9. The third-order valence-corrected chi connectivity index (χ3v) is 13.1. The molecule has 8 rings (SSSR count). The van der Waals surface area contributed by atoms with Crippen LogP contribution in [-0.2, 0) is 41.4 Å². The van der Waals surface area contributed by atoms with Crippen LogP contribution in [0.3, 0.4) is 0 Å². The van der Waals surface area contributed by atoms with Gasteiger partial charge in [-0.1, -0.05) is 13.8 Å². The number of rotatable bonds is 4. The maximum absolute atomic E-state index is 12.2. The van der Waals surface area contributed by atoms with E-state index in [1.165, 1.54) is 0 Å². The summed E-state index contributed by atoms with van der Waals surface area (Å²) in [7, 11) is 0. The molecule has 0 unspecified atom stereocenters. The van der Waals surface area contributed by atoms with Gasteiger partial charge in [-0.05, 0) is 112 Å². The van der Waals surface area contributed by atoms with E-state index in [0.29, 0.717) is 49.0 Å². The van der Waals surface area contributed by atoms with Crippen molar-refractivity contribution in [2.75, 3.05) is 13.2 Å². The summed E-state index contributed by atoms with van der Waals surface area (Å²) in [6.07, 6.45) is 6.36. The van der Waals surface area contributed by atoms with Crippen molar-refractivity contribution in [3.63, 3.8) is 0 Å². The fraction of sp³-hybridized carbons (Fsp3) is 0.667. The number of nitrogens with zero attached hydrogens (tertiary/aromatic N) is 2. The Balaban J connectivity index is 0.000000150. The van der Waals surface area contributed by atoms with Crippen molar-refractivity contribution in [3.05, 3.63) is 57.0 Å². The van der Waals surface area contributed by atoms with Gasteiger partial charge in [0.2, 0.25) is 0 Å². The molecule has 4 aliphatic heterocycles. The van der Waals surface area contributed by atoms with Gasteiger partial charge in [-0.25, -0.2) is 4.79 Å². The minimum atomic E-state index is -1.36. The smallest absolute Gasteiger partial charge is 0.338 e. The monoisotopic (exact) mass is 774 g/mol. The molecule has 1 N–H and O–H groups in total. The Morgan fingerprint density at radius 1 is 0.787 bits per heavy atom. The molecule has 2 aliphatic carbocycles.